The molecule has 0 spiro atoms. The standard InChI is InChI=1S/C22H36N2O/c25-22-12-15-24(16-13-22)18-21-10-8-20(9-11-21)17-23-14-4-7-19-5-2-1-3-6-19/h1-3,5-6,20-23,25H,4,7-18H2. The zero-order valence-electron chi connectivity index (χ0n) is 15.7. The van der Waals surface area contributed by atoms with Gasteiger partial charge < -0.3 is 15.3 Å². The third kappa shape index (κ3) is 6.73. The van der Waals surface area contributed by atoms with E-state index in [1.807, 2.05) is 0 Å². The van der Waals surface area contributed by atoms with Crippen LogP contribution in [0.3, 0.4) is 0 Å². The predicted molar refractivity (Wildman–Crippen MR) is 105 cm³/mol. The minimum atomic E-state index is -0.0417. The largest absolute Gasteiger partial charge is 0.393 e. The van der Waals surface area contributed by atoms with Gasteiger partial charge in [0, 0.05) is 19.6 Å². The fraction of sp³-hybridized carbons (Fsp3) is 0.727. The van der Waals surface area contributed by atoms with Crippen molar-refractivity contribution in [2.24, 2.45) is 11.8 Å². The second-order valence-electron chi connectivity index (χ2n) is 8.21. The summed E-state index contributed by atoms with van der Waals surface area (Å²) >= 11 is 0. The van der Waals surface area contributed by atoms with Crippen LogP contribution in [0.15, 0.2) is 30.3 Å². The summed E-state index contributed by atoms with van der Waals surface area (Å²) in [6.45, 7) is 5.82. The van der Waals surface area contributed by atoms with Crippen molar-refractivity contribution < 1.29 is 5.11 Å². The first-order valence-corrected chi connectivity index (χ1v) is 10.4. The number of nitrogens with zero attached hydrogens (tertiary/aromatic N) is 1. The molecule has 140 valence electrons. The van der Waals surface area contributed by atoms with Crippen molar-refractivity contribution in [2.75, 3.05) is 32.7 Å². The molecule has 0 atom stereocenters. The van der Waals surface area contributed by atoms with Crippen molar-refractivity contribution in [3.8, 4) is 0 Å². The molecule has 25 heavy (non-hydrogen) atoms. The maximum Gasteiger partial charge on any atom is 0.0564 e. The van der Waals surface area contributed by atoms with Crippen LogP contribution in [0.1, 0.15) is 50.5 Å². The maximum absolute atomic E-state index is 9.62. The van der Waals surface area contributed by atoms with Gasteiger partial charge in [-0.2, -0.15) is 0 Å². The highest BCUT2D eigenvalue weighted by Gasteiger charge is 2.24. The Labute approximate surface area is 153 Å². The molecule has 3 nitrogen and oxygen atoms in total. The molecular weight excluding hydrogens is 308 g/mol. The lowest BCUT2D eigenvalue weighted by Crippen LogP contribution is -2.39. The molecule has 1 saturated carbocycles. The predicted octanol–water partition coefficient (Wildman–Crippen LogP) is 3.47. The quantitative estimate of drug-likeness (QED) is 0.709. The summed E-state index contributed by atoms with van der Waals surface area (Å²) in [5, 5.41) is 13.3. The van der Waals surface area contributed by atoms with E-state index in [9.17, 15) is 5.11 Å². The molecule has 2 fully saturated rings. The highest BCUT2D eigenvalue weighted by Crippen LogP contribution is 2.29. The normalized spacial score (nSPS) is 26.0. The lowest BCUT2D eigenvalue weighted by molar-refractivity contribution is 0.0688. The van der Waals surface area contributed by atoms with E-state index in [1.165, 1.54) is 57.2 Å². The van der Waals surface area contributed by atoms with Gasteiger partial charge in [-0.3, -0.25) is 0 Å². The van der Waals surface area contributed by atoms with Crippen molar-refractivity contribution in [2.45, 2.75) is 57.5 Å². The Hall–Kier alpha value is -0.900. The van der Waals surface area contributed by atoms with Crippen LogP contribution in [0.25, 0.3) is 0 Å². The summed E-state index contributed by atoms with van der Waals surface area (Å²) in [4.78, 5) is 2.58. The summed E-state index contributed by atoms with van der Waals surface area (Å²) in [5.41, 5.74) is 1.45. The molecule has 0 amide bonds. The second kappa shape index (κ2) is 10.3. The molecule has 0 bridgehead atoms. The van der Waals surface area contributed by atoms with Crippen molar-refractivity contribution in [3.05, 3.63) is 35.9 Å². The van der Waals surface area contributed by atoms with E-state index < -0.39 is 0 Å². The first-order valence-electron chi connectivity index (χ1n) is 10.4. The van der Waals surface area contributed by atoms with Gasteiger partial charge in [-0.05, 0) is 81.9 Å². The van der Waals surface area contributed by atoms with Crippen LogP contribution >= 0.6 is 0 Å². The molecule has 3 heteroatoms. The minimum Gasteiger partial charge on any atom is -0.393 e. The zero-order valence-corrected chi connectivity index (χ0v) is 15.7. The first kappa shape index (κ1) is 18.9. The average Bonchev–Trinajstić information content (AvgIpc) is 2.65. The molecule has 1 aromatic carbocycles. The molecule has 2 aliphatic rings. The molecule has 2 N–H and O–H groups in total. The van der Waals surface area contributed by atoms with Gasteiger partial charge in [-0.1, -0.05) is 30.3 Å². The fourth-order valence-corrected chi connectivity index (χ4v) is 4.45. The molecular formula is C22H36N2O. The summed E-state index contributed by atoms with van der Waals surface area (Å²) in [5.74, 6) is 1.78. The van der Waals surface area contributed by atoms with Gasteiger partial charge in [0.15, 0.2) is 0 Å². The topological polar surface area (TPSA) is 35.5 Å². The third-order valence-corrected chi connectivity index (χ3v) is 6.13. The van der Waals surface area contributed by atoms with E-state index in [1.54, 1.807) is 0 Å². The van der Waals surface area contributed by atoms with Crippen molar-refractivity contribution in [1.82, 2.24) is 10.2 Å². The van der Waals surface area contributed by atoms with Gasteiger partial charge in [0.25, 0.3) is 0 Å². The van der Waals surface area contributed by atoms with Gasteiger partial charge >= 0.3 is 0 Å². The van der Waals surface area contributed by atoms with Gasteiger partial charge in [0.1, 0.15) is 0 Å². The van der Waals surface area contributed by atoms with E-state index in [4.69, 9.17) is 0 Å². The molecule has 3 rings (SSSR count). The Balaban J connectivity index is 1.22. The van der Waals surface area contributed by atoms with Crippen LogP contribution in [-0.2, 0) is 6.42 Å². The van der Waals surface area contributed by atoms with Gasteiger partial charge in [-0.15, -0.1) is 0 Å². The lowest BCUT2D eigenvalue weighted by atomic mass is 9.81. The summed E-state index contributed by atoms with van der Waals surface area (Å²) < 4.78 is 0. The fourth-order valence-electron chi connectivity index (χ4n) is 4.45. The molecule has 0 radical (unpaired) electrons. The number of nitrogens with one attached hydrogen (secondary N) is 1. The molecule has 1 aromatic rings. The average molecular weight is 345 g/mol. The number of aliphatic hydroxyl groups is 1. The smallest absolute Gasteiger partial charge is 0.0564 e. The highest BCUT2D eigenvalue weighted by molar-refractivity contribution is 5.14. The lowest BCUT2D eigenvalue weighted by Gasteiger charge is -2.35. The Bertz CT molecular complexity index is 462. The van der Waals surface area contributed by atoms with E-state index in [2.05, 4.69) is 40.5 Å². The van der Waals surface area contributed by atoms with Gasteiger partial charge in [-0.25, -0.2) is 0 Å². The summed E-state index contributed by atoms with van der Waals surface area (Å²) in [6, 6.07) is 10.8. The number of benzene rings is 1. The number of aryl methyl sites for hydroxylation is 1. The Morgan fingerprint density at radius 3 is 2.32 bits per heavy atom. The number of likely N-dealkylation sites (tertiary alicyclic amines) is 1. The Kier molecular flexibility index (Phi) is 7.78. The molecule has 1 aliphatic heterocycles. The molecule has 0 aromatic heterocycles. The number of piperidine rings is 1. The first-order chi connectivity index (χ1) is 12.3. The van der Waals surface area contributed by atoms with Crippen LogP contribution in [0, 0.1) is 11.8 Å². The van der Waals surface area contributed by atoms with E-state index in [0.717, 1.165) is 44.3 Å². The number of hydrogen-bond donors (Lipinski definition) is 2. The van der Waals surface area contributed by atoms with Gasteiger partial charge in [0.05, 0.1) is 6.10 Å². The van der Waals surface area contributed by atoms with Crippen LogP contribution in [0.4, 0.5) is 0 Å². The van der Waals surface area contributed by atoms with Crippen LogP contribution in [-0.4, -0.2) is 48.8 Å². The monoisotopic (exact) mass is 344 g/mol. The molecule has 1 saturated heterocycles. The van der Waals surface area contributed by atoms with Crippen LogP contribution < -0.4 is 5.32 Å². The summed E-state index contributed by atoms with van der Waals surface area (Å²) in [7, 11) is 0. The van der Waals surface area contributed by atoms with E-state index in [0.29, 0.717) is 0 Å². The second-order valence-corrected chi connectivity index (χ2v) is 8.21. The number of hydrogen-bond acceptors (Lipinski definition) is 3. The van der Waals surface area contributed by atoms with E-state index >= 15 is 0 Å². The maximum atomic E-state index is 9.62. The van der Waals surface area contributed by atoms with Gasteiger partial charge in [0.2, 0.25) is 0 Å². The molecule has 0 unspecified atom stereocenters. The minimum absolute atomic E-state index is 0.0417. The zero-order chi connectivity index (χ0) is 17.3. The van der Waals surface area contributed by atoms with Crippen molar-refractivity contribution >= 4 is 0 Å². The van der Waals surface area contributed by atoms with Crippen molar-refractivity contribution in [1.29, 1.82) is 0 Å². The van der Waals surface area contributed by atoms with Crippen LogP contribution in [0.2, 0.25) is 0 Å². The SMILES string of the molecule is OC1CCN(CC2CCC(CNCCCc3ccccc3)CC2)CC1. The van der Waals surface area contributed by atoms with Crippen molar-refractivity contribution in [3.63, 3.8) is 0 Å². The third-order valence-electron chi connectivity index (χ3n) is 6.13. The number of rotatable bonds is 8. The van der Waals surface area contributed by atoms with E-state index in [-0.39, 0.29) is 6.10 Å². The number of aliphatic hydroxyl groups excluding tert-OH is 1. The Morgan fingerprint density at radius 1 is 0.920 bits per heavy atom. The molecule has 1 heterocycles. The molecule has 1 aliphatic carbocycles. The van der Waals surface area contributed by atoms with Crippen LogP contribution in [0.5, 0.6) is 0 Å². The summed E-state index contributed by atoms with van der Waals surface area (Å²) in [6.07, 6.45) is 9.92. The highest BCUT2D eigenvalue weighted by atomic mass is 16.3. The Morgan fingerprint density at radius 2 is 1.60 bits per heavy atom.